The van der Waals surface area contributed by atoms with E-state index < -0.39 is 0 Å². The van der Waals surface area contributed by atoms with E-state index in [2.05, 4.69) is 12.2 Å². The molecule has 2 amide bonds. The quantitative estimate of drug-likeness (QED) is 0.889. The molecule has 0 aromatic heterocycles. The minimum atomic E-state index is -0.0551. The first kappa shape index (κ1) is 17.1. The van der Waals surface area contributed by atoms with E-state index in [1.807, 2.05) is 36.1 Å². The Morgan fingerprint density at radius 3 is 2.45 bits per heavy atom. The fourth-order valence-corrected chi connectivity index (χ4v) is 3.04. The number of piperidine rings is 1. The maximum Gasteiger partial charge on any atom is 0.317 e. The predicted molar refractivity (Wildman–Crippen MR) is 89.0 cm³/mol. The van der Waals surface area contributed by atoms with Crippen molar-refractivity contribution in [1.29, 1.82) is 0 Å². The minimum Gasteiger partial charge on any atom is -0.396 e. The largest absolute Gasteiger partial charge is 0.396 e. The van der Waals surface area contributed by atoms with Gasteiger partial charge < -0.3 is 15.3 Å². The number of aliphatic hydroxyl groups is 1. The van der Waals surface area contributed by atoms with Crippen LogP contribution in [0.4, 0.5) is 4.79 Å². The highest BCUT2D eigenvalue weighted by Crippen LogP contribution is 2.34. The zero-order valence-electron chi connectivity index (χ0n) is 13.3. The van der Waals surface area contributed by atoms with E-state index in [1.165, 1.54) is 0 Å². The topological polar surface area (TPSA) is 52.6 Å². The molecule has 1 fully saturated rings. The Balaban J connectivity index is 1.89. The number of benzene rings is 1. The van der Waals surface area contributed by atoms with Crippen LogP contribution in [0.2, 0.25) is 5.02 Å². The van der Waals surface area contributed by atoms with Crippen molar-refractivity contribution in [2.24, 2.45) is 5.41 Å². The smallest absolute Gasteiger partial charge is 0.317 e. The van der Waals surface area contributed by atoms with Gasteiger partial charge in [-0.15, -0.1) is 0 Å². The molecule has 0 bridgehead atoms. The molecular weight excluding hydrogens is 300 g/mol. The van der Waals surface area contributed by atoms with Crippen LogP contribution in [0, 0.1) is 5.41 Å². The van der Waals surface area contributed by atoms with Crippen LogP contribution < -0.4 is 5.32 Å². The van der Waals surface area contributed by atoms with Gasteiger partial charge in [0.1, 0.15) is 0 Å². The minimum absolute atomic E-state index is 0.00141. The third kappa shape index (κ3) is 3.93. The van der Waals surface area contributed by atoms with E-state index >= 15 is 0 Å². The van der Waals surface area contributed by atoms with Gasteiger partial charge in [-0.05, 0) is 49.3 Å². The first-order valence-corrected chi connectivity index (χ1v) is 8.29. The molecule has 122 valence electrons. The molecule has 0 spiro atoms. The molecule has 1 saturated heterocycles. The van der Waals surface area contributed by atoms with Gasteiger partial charge >= 0.3 is 6.03 Å². The van der Waals surface area contributed by atoms with Gasteiger partial charge in [0.25, 0.3) is 0 Å². The monoisotopic (exact) mass is 324 g/mol. The van der Waals surface area contributed by atoms with E-state index in [1.54, 1.807) is 0 Å². The van der Waals surface area contributed by atoms with Gasteiger partial charge in [-0.25, -0.2) is 4.79 Å². The van der Waals surface area contributed by atoms with Crippen LogP contribution in [-0.2, 0) is 0 Å². The summed E-state index contributed by atoms with van der Waals surface area (Å²) in [5.74, 6) is 0. The van der Waals surface area contributed by atoms with Crippen LogP contribution in [0.5, 0.6) is 0 Å². The number of aliphatic hydroxyl groups excluding tert-OH is 1. The van der Waals surface area contributed by atoms with E-state index in [4.69, 9.17) is 11.6 Å². The number of rotatable bonds is 4. The van der Waals surface area contributed by atoms with Gasteiger partial charge in [0.05, 0.1) is 6.04 Å². The second-order valence-electron chi connectivity index (χ2n) is 6.22. The SMILES string of the molecule is CCC1(CO)CCN(C(=O)N[C@H](C)c2ccc(Cl)cc2)CC1. The molecule has 2 rings (SSSR count). The van der Waals surface area contributed by atoms with Gasteiger partial charge in [0.15, 0.2) is 0 Å². The molecule has 22 heavy (non-hydrogen) atoms. The van der Waals surface area contributed by atoms with Crippen molar-refractivity contribution in [1.82, 2.24) is 10.2 Å². The average Bonchev–Trinajstić information content (AvgIpc) is 2.55. The van der Waals surface area contributed by atoms with Crippen LogP contribution in [0.25, 0.3) is 0 Å². The molecule has 1 aromatic rings. The lowest BCUT2D eigenvalue weighted by Gasteiger charge is -2.40. The third-order valence-electron chi connectivity index (χ3n) is 4.91. The second kappa shape index (κ2) is 7.34. The highest BCUT2D eigenvalue weighted by atomic mass is 35.5. The summed E-state index contributed by atoms with van der Waals surface area (Å²) >= 11 is 5.88. The average molecular weight is 325 g/mol. The van der Waals surface area contributed by atoms with E-state index in [0.717, 1.165) is 24.8 Å². The number of carbonyl (C=O) groups excluding carboxylic acids is 1. The number of nitrogens with one attached hydrogen (secondary N) is 1. The van der Waals surface area contributed by atoms with Crippen molar-refractivity contribution < 1.29 is 9.90 Å². The number of hydrogen-bond acceptors (Lipinski definition) is 2. The van der Waals surface area contributed by atoms with Crippen molar-refractivity contribution in [2.45, 2.75) is 39.2 Å². The number of urea groups is 1. The number of hydrogen-bond donors (Lipinski definition) is 2. The van der Waals surface area contributed by atoms with Crippen molar-refractivity contribution in [3.05, 3.63) is 34.9 Å². The molecular formula is C17H25ClN2O2. The number of carbonyl (C=O) groups is 1. The van der Waals surface area contributed by atoms with Crippen LogP contribution in [0.1, 0.15) is 44.7 Å². The number of nitrogens with zero attached hydrogens (tertiary/aromatic N) is 1. The summed E-state index contributed by atoms with van der Waals surface area (Å²) in [5.41, 5.74) is 1.03. The van der Waals surface area contributed by atoms with Crippen LogP contribution in [0.3, 0.4) is 0 Å². The number of amides is 2. The lowest BCUT2D eigenvalue weighted by atomic mass is 9.77. The van der Waals surface area contributed by atoms with Crippen LogP contribution in [0.15, 0.2) is 24.3 Å². The molecule has 2 N–H and O–H groups in total. The van der Waals surface area contributed by atoms with Gasteiger partial charge in [-0.3, -0.25) is 0 Å². The molecule has 5 heteroatoms. The Morgan fingerprint density at radius 1 is 1.36 bits per heavy atom. The molecule has 1 heterocycles. The highest BCUT2D eigenvalue weighted by Gasteiger charge is 2.34. The first-order valence-electron chi connectivity index (χ1n) is 7.91. The lowest BCUT2D eigenvalue weighted by Crippen LogP contribution is -2.48. The third-order valence-corrected chi connectivity index (χ3v) is 5.16. The standard InChI is InChI=1S/C17H25ClN2O2/c1-3-17(12-21)8-10-20(11-9-17)16(22)19-13(2)14-4-6-15(18)7-5-14/h4-7,13,21H,3,8-12H2,1-2H3,(H,19,22)/t13-/m1/s1. The van der Waals surface area contributed by atoms with Gasteiger partial charge in [0.2, 0.25) is 0 Å². The zero-order valence-corrected chi connectivity index (χ0v) is 14.1. The fourth-order valence-electron chi connectivity index (χ4n) is 2.92. The molecule has 1 aliphatic heterocycles. The van der Waals surface area contributed by atoms with Crippen molar-refractivity contribution in [2.75, 3.05) is 19.7 Å². The maximum atomic E-state index is 12.4. The summed E-state index contributed by atoms with van der Waals surface area (Å²) in [6, 6.07) is 7.43. The van der Waals surface area contributed by atoms with Crippen molar-refractivity contribution in [3.8, 4) is 0 Å². The zero-order chi connectivity index (χ0) is 16.2. The predicted octanol–water partition coefficient (Wildman–Crippen LogP) is 3.60. The van der Waals surface area contributed by atoms with Gasteiger partial charge in [-0.1, -0.05) is 30.7 Å². The molecule has 1 atom stereocenters. The summed E-state index contributed by atoms with van der Waals surface area (Å²) in [7, 11) is 0. The number of halogens is 1. The Kier molecular flexibility index (Phi) is 5.70. The molecule has 0 radical (unpaired) electrons. The Bertz CT molecular complexity index is 490. The molecule has 4 nitrogen and oxygen atoms in total. The van der Waals surface area contributed by atoms with Crippen molar-refractivity contribution >= 4 is 17.6 Å². The summed E-state index contributed by atoms with van der Waals surface area (Å²) in [5, 5.41) is 13.3. The fraction of sp³-hybridized carbons (Fsp3) is 0.588. The summed E-state index contributed by atoms with van der Waals surface area (Å²) < 4.78 is 0. The van der Waals surface area contributed by atoms with Crippen LogP contribution in [-0.4, -0.2) is 35.7 Å². The summed E-state index contributed by atoms with van der Waals surface area (Å²) in [4.78, 5) is 14.2. The Hall–Kier alpha value is -1.26. The summed E-state index contributed by atoms with van der Waals surface area (Å²) in [6.07, 6.45) is 2.69. The normalized spacial score (nSPS) is 18.8. The Morgan fingerprint density at radius 2 is 1.95 bits per heavy atom. The molecule has 1 aromatic carbocycles. The molecule has 1 aliphatic rings. The maximum absolute atomic E-state index is 12.4. The van der Waals surface area contributed by atoms with E-state index in [9.17, 15) is 9.90 Å². The second-order valence-corrected chi connectivity index (χ2v) is 6.66. The lowest BCUT2D eigenvalue weighted by molar-refractivity contribution is 0.0516. The van der Waals surface area contributed by atoms with E-state index in [0.29, 0.717) is 18.1 Å². The van der Waals surface area contributed by atoms with Gasteiger partial charge in [0, 0.05) is 24.7 Å². The molecule has 0 unspecified atom stereocenters. The highest BCUT2D eigenvalue weighted by molar-refractivity contribution is 6.30. The summed E-state index contributed by atoms with van der Waals surface area (Å²) in [6.45, 7) is 5.69. The molecule has 0 saturated carbocycles. The first-order chi connectivity index (χ1) is 10.5. The number of likely N-dealkylation sites (tertiary alicyclic amines) is 1. The van der Waals surface area contributed by atoms with Gasteiger partial charge in [-0.2, -0.15) is 0 Å². The van der Waals surface area contributed by atoms with Crippen LogP contribution >= 0.6 is 11.6 Å². The molecule has 0 aliphatic carbocycles. The Labute approximate surface area is 137 Å². The van der Waals surface area contributed by atoms with Crippen molar-refractivity contribution in [3.63, 3.8) is 0 Å². The van der Waals surface area contributed by atoms with E-state index in [-0.39, 0.29) is 24.1 Å².